The van der Waals surface area contributed by atoms with E-state index in [2.05, 4.69) is 35.3 Å². The molecule has 1 aliphatic carbocycles. The monoisotopic (exact) mass is 242 g/mol. The first-order valence-electron chi connectivity index (χ1n) is 6.89. The summed E-state index contributed by atoms with van der Waals surface area (Å²) in [6.45, 7) is 2.50. The molecule has 0 amide bonds. The van der Waals surface area contributed by atoms with E-state index < -0.39 is 0 Å². The lowest BCUT2D eigenvalue weighted by Crippen LogP contribution is -2.34. The Morgan fingerprint density at radius 1 is 1.22 bits per heavy atom. The van der Waals surface area contributed by atoms with Crippen LogP contribution < -0.4 is 4.90 Å². The lowest BCUT2D eigenvalue weighted by atomic mass is 9.94. The van der Waals surface area contributed by atoms with E-state index in [1.165, 1.54) is 16.8 Å². The first-order valence-corrected chi connectivity index (χ1v) is 6.89. The molecule has 2 nitrogen and oxygen atoms in total. The molecule has 1 fully saturated rings. The van der Waals surface area contributed by atoms with Crippen LogP contribution in [0.2, 0.25) is 0 Å². The van der Waals surface area contributed by atoms with Gasteiger partial charge in [0.05, 0.1) is 0 Å². The largest absolute Gasteiger partial charge is 0.396 e. The molecule has 1 N–H and O–H groups in total. The number of piperidine rings is 1. The summed E-state index contributed by atoms with van der Waals surface area (Å²) < 4.78 is 0. The summed E-state index contributed by atoms with van der Waals surface area (Å²) in [6, 6.07) is 6.83. The van der Waals surface area contributed by atoms with Crippen LogP contribution in [0.3, 0.4) is 0 Å². The first-order chi connectivity index (χ1) is 8.86. The maximum atomic E-state index is 9.18. The molecule has 0 spiro atoms. The zero-order chi connectivity index (χ0) is 12.4. The Kier molecular flexibility index (Phi) is 3.37. The van der Waals surface area contributed by atoms with Gasteiger partial charge in [-0.15, -0.1) is 0 Å². The molecule has 0 saturated carbocycles. The fourth-order valence-electron chi connectivity index (χ4n) is 2.91. The molecule has 0 atom stereocenters. The Balaban J connectivity index is 1.74. The minimum absolute atomic E-state index is 0.346. The lowest BCUT2D eigenvalue weighted by Gasteiger charge is -2.33. The quantitative estimate of drug-likeness (QED) is 0.860. The average molecular weight is 242 g/mol. The molecule has 1 saturated heterocycles. The molecule has 0 aromatic heterocycles. The third-order valence-corrected chi connectivity index (χ3v) is 4.19. The first kappa shape index (κ1) is 11.8. The van der Waals surface area contributed by atoms with E-state index in [1.54, 1.807) is 0 Å². The van der Waals surface area contributed by atoms with Crippen molar-refractivity contribution < 1.29 is 5.11 Å². The molecule has 2 aliphatic rings. The van der Waals surface area contributed by atoms with Gasteiger partial charge in [-0.3, -0.25) is 0 Å². The predicted molar refractivity (Wildman–Crippen MR) is 73.7 cm³/mol. The van der Waals surface area contributed by atoms with Crippen molar-refractivity contribution in [2.75, 3.05) is 24.6 Å². The standard InChI is InChI=1S/C16H20NO/c18-12-13-7-9-17(10-8-13)16-6-5-14-3-1-2-4-15(14)11-16/h2,5-6,11,13,18H,3-4,7-10,12H2. The molecule has 18 heavy (non-hydrogen) atoms. The highest BCUT2D eigenvalue weighted by Crippen LogP contribution is 2.27. The second-order valence-corrected chi connectivity index (χ2v) is 5.36. The molecular weight excluding hydrogens is 222 g/mol. The molecule has 1 aliphatic heterocycles. The number of benzene rings is 1. The van der Waals surface area contributed by atoms with Gasteiger partial charge in [-0.1, -0.05) is 12.1 Å². The number of aliphatic hydroxyl groups is 1. The van der Waals surface area contributed by atoms with Crippen molar-refractivity contribution in [2.24, 2.45) is 5.92 Å². The predicted octanol–water partition coefficient (Wildman–Crippen LogP) is 2.35. The van der Waals surface area contributed by atoms with Crippen LogP contribution in [0.4, 0.5) is 5.69 Å². The number of fused-ring (bicyclic) bond motifs is 1. The molecule has 1 aromatic rings. The number of hydrogen-bond acceptors (Lipinski definition) is 2. The van der Waals surface area contributed by atoms with E-state index >= 15 is 0 Å². The summed E-state index contributed by atoms with van der Waals surface area (Å²) in [5, 5.41) is 9.18. The van der Waals surface area contributed by atoms with Crippen molar-refractivity contribution in [3.05, 3.63) is 41.5 Å². The SMILES string of the molecule is OCC1CCN(c2ccc3c(c2)CC=[C]C3)CC1. The molecule has 1 heterocycles. The normalized spacial score (nSPS) is 19.9. The van der Waals surface area contributed by atoms with Crippen LogP contribution in [-0.4, -0.2) is 24.8 Å². The van der Waals surface area contributed by atoms with Crippen LogP contribution in [0, 0.1) is 12.0 Å². The summed E-state index contributed by atoms with van der Waals surface area (Å²) in [6.07, 6.45) is 9.64. The summed E-state index contributed by atoms with van der Waals surface area (Å²) in [4.78, 5) is 2.45. The number of allylic oxidation sites excluding steroid dienone is 2. The van der Waals surface area contributed by atoms with Gasteiger partial charge in [0.15, 0.2) is 0 Å². The van der Waals surface area contributed by atoms with Crippen LogP contribution in [0.1, 0.15) is 24.0 Å². The third kappa shape index (κ3) is 2.30. The van der Waals surface area contributed by atoms with Crippen molar-refractivity contribution in [3.8, 4) is 0 Å². The van der Waals surface area contributed by atoms with E-state index in [9.17, 15) is 5.11 Å². The fraction of sp³-hybridized carbons (Fsp3) is 0.500. The van der Waals surface area contributed by atoms with Crippen LogP contribution in [0.15, 0.2) is 24.3 Å². The highest BCUT2D eigenvalue weighted by molar-refractivity contribution is 5.52. The zero-order valence-corrected chi connectivity index (χ0v) is 10.7. The highest BCUT2D eigenvalue weighted by atomic mass is 16.3. The maximum Gasteiger partial charge on any atom is 0.0460 e. The van der Waals surface area contributed by atoms with E-state index in [-0.39, 0.29) is 0 Å². The third-order valence-electron chi connectivity index (χ3n) is 4.19. The zero-order valence-electron chi connectivity index (χ0n) is 10.7. The Labute approximate surface area is 109 Å². The van der Waals surface area contributed by atoms with Crippen molar-refractivity contribution >= 4 is 5.69 Å². The molecule has 0 bridgehead atoms. The topological polar surface area (TPSA) is 23.5 Å². The number of aliphatic hydroxyl groups excluding tert-OH is 1. The van der Waals surface area contributed by atoms with Crippen molar-refractivity contribution in [1.29, 1.82) is 0 Å². The molecule has 0 unspecified atom stereocenters. The fourth-order valence-corrected chi connectivity index (χ4v) is 2.91. The molecule has 1 radical (unpaired) electrons. The van der Waals surface area contributed by atoms with Crippen LogP contribution >= 0.6 is 0 Å². The van der Waals surface area contributed by atoms with Gasteiger partial charge >= 0.3 is 0 Å². The molecule has 95 valence electrons. The lowest BCUT2D eigenvalue weighted by molar-refractivity contribution is 0.203. The van der Waals surface area contributed by atoms with Crippen LogP contribution in [0.5, 0.6) is 0 Å². The van der Waals surface area contributed by atoms with Gasteiger partial charge in [0.1, 0.15) is 0 Å². The van der Waals surface area contributed by atoms with Gasteiger partial charge in [-0.25, -0.2) is 0 Å². The van der Waals surface area contributed by atoms with E-state index in [0.717, 1.165) is 38.8 Å². The molecule has 2 heteroatoms. The molecule has 1 aromatic carbocycles. The van der Waals surface area contributed by atoms with Gasteiger partial charge in [0.2, 0.25) is 0 Å². The van der Waals surface area contributed by atoms with Crippen molar-refractivity contribution in [3.63, 3.8) is 0 Å². The van der Waals surface area contributed by atoms with Crippen molar-refractivity contribution in [2.45, 2.75) is 25.7 Å². The molecular formula is C16H20NO. The minimum Gasteiger partial charge on any atom is -0.396 e. The van der Waals surface area contributed by atoms with E-state index in [0.29, 0.717) is 12.5 Å². The highest BCUT2D eigenvalue weighted by Gasteiger charge is 2.19. The maximum absolute atomic E-state index is 9.18. The van der Waals surface area contributed by atoms with E-state index in [1.807, 2.05) is 0 Å². The van der Waals surface area contributed by atoms with Gasteiger partial charge in [-0.2, -0.15) is 0 Å². The number of nitrogens with zero attached hydrogens (tertiary/aromatic N) is 1. The smallest absolute Gasteiger partial charge is 0.0460 e. The number of hydrogen-bond donors (Lipinski definition) is 1. The Morgan fingerprint density at radius 3 is 2.83 bits per heavy atom. The van der Waals surface area contributed by atoms with Crippen molar-refractivity contribution in [1.82, 2.24) is 0 Å². The summed E-state index contributed by atoms with van der Waals surface area (Å²) >= 11 is 0. The Hall–Kier alpha value is -1.28. The van der Waals surface area contributed by atoms with Gasteiger partial charge in [0.25, 0.3) is 0 Å². The van der Waals surface area contributed by atoms with Crippen LogP contribution in [-0.2, 0) is 12.8 Å². The van der Waals surface area contributed by atoms with Gasteiger partial charge < -0.3 is 10.0 Å². The van der Waals surface area contributed by atoms with Gasteiger partial charge in [-0.05, 0) is 60.9 Å². The summed E-state index contributed by atoms with van der Waals surface area (Å²) in [7, 11) is 0. The summed E-state index contributed by atoms with van der Waals surface area (Å²) in [5.41, 5.74) is 4.22. The Bertz CT molecular complexity index is 444. The second-order valence-electron chi connectivity index (χ2n) is 5.36. The summed E-state index contributed by atoms with van der Waals surface area (Å²) in [5.74, 6) is 0.511. The Morgan fingerprint density at radius 2 is 2.06 bits per heavy atom. The molecule has 3 rings (SSSR count). The van der Waals surface area contributed by atoms with Gasteiger partial charge in [0, 0.05) is 25.4 Å². The van der Waals surface area contributed by atoms with E-state index in [4.69, 9.17) is 0 Å². The van der Waals surface area contributed by atoms with Crippen LogP contribution in [0.25, 0.3) is 0 Å². The minimum atomic E-state index is 0.346. The number of rotatable bonds is 2. The average Bonchev–Trinajstić information content (AvgIpc) is 2.47. The number of anilines is 1. The second kappa shape index (κ2) is 5.15.